The fraction of sp³-hybridized carbons (Fsp3) is 0.588. The molecule has 1 atom stereocenters. The highest BCUT2D eigenvalue weighted by molar-refractivity contribution is 7.89. The molecule has 9 heteroatoms. The molecule has 1 aromatic rings. The largest absolute Gasteiger partial charge is 0.379 e. The standard InChI is InChI=1S/C17H26ClN3O4S/c1-12(2)9-13(21-5-7-25-8-6-21)11-20-17(22)15-10-14(26(19,23)24)3-4-16(15)18/h3-4,10,12-13H,5-9,11H2,1-2H3,(H,20,22)(H2,19,23,24). The van der Waals surface area contributed by atoms with Gasteiger partial charge in [0, 0.05) is 25.7 Å². The SMILES string of the molecule is CC(C)CC(CNC(=O)c1cc(S(N)(=O)=O)ccc1Cl)N1CCOCC1. The first-order valence-corrected chi connectivity index (χ1v) is 10.5. The van der Waals surface area contributed by atoms with E-state index in [1.165, 1.54) is 18.2 Å². The van der Waals surface area contributed by atoms with Crippen LogP contribution in [0.5, 0.6) is 0 Å². The van der Waals surface area contributed by atoms with Crippen LogP contribution in [0, 0.1) is 5.92 Å². The van der Waals surface area contributed by atoms with Crippen molar-refractivity contribution in [3.63, 3.8) is 0 Å². The molecule has 1 fully saturated rings. The maximum Gasteiger partial charge on any atom is 0.252 e. The van der Waals surface area contributed by atoms with E-state index >= 15 is 0 Å². The molecule has 1 aliphatic heterocycles. The number of carbonyl (C=O) groups is 1. The summed E-state index contributed by atoms with van der Waals surface area (Å²) in [5.74, 6) is 0.0663. The minimum absolute atomic E-state index is 0.100. The normalized spacial score (nSPS) is 17.3. The van der Waals surface area contributed by atoms with Crippen molar-refractivity contribution in [2.24, 2.45) is 11.1 Å². The average Bonchev–Trinajstić information content (AvgIpc) is 2.58. The first kappa shape index (κ1) is 21.1. The van der Waals surface area contributed by atoms with Crippen molar-refractivity contribution < 1.29 is 17.9 Å². The number of ether oxygens (including phenoxy) is 1. The third-order valence-electron chi connectivity index (χ3n) is 4.31. The third-order valence-corrected chi connectivity index (χ3v) is 5.56. The number of rotatable bonds is 7. The molecule has 1 saturated heterocycles. The molecule has 1 unspecified atom stereocenters. The van der Waals surface area contributed by atoms with E-state index in [0.29, 0.717) is 25.7 Å². The fourth-order valence-electron chi connectivity index (χ4n) is 3.01. The van der Waals surface area contributed by atoms with Crippen LogP contribution in [0.25, 0.3) is 0 Å². The Bertz CT molecular complexity index is 734. The van der Waals surface area contributed by atoms with E-state index in [1.807, 2.05) is 0 Å². The highest BCUT2D eigenvalue weighted by Crippen LogP contribution is 2.20. The van der Waals surface area contributed by atoms with Crippen LogP contribution in [0.3, 0.4) is 0 Å². The molecule has 7 nitrogen and oxygen atoms in total. The molecule has 146 valence electrons. The van der Waals surface area contributed by atoms with Crippen LogP contribution >= 0.6 is 11.6 Å². The summed E-state index contributed by atoms with van der Waals surface area (Å²) in [6.45, 7) is 7.76. The van der Waals surface area contributed by atoms with Crippen LogP contribution < -0.4 is 10.5 Å². The van der Waals surface area contributed by atoms with E-state index in [4.69, 9.17) is 21.5 Å². The molecule has 3 N–H and O–H groups in total. The molecule has 26 heavy (non-hydrogen) atoms. The van der Waals surface area contributed by atoms with Gasteiger partial charge in [-0.05, 0) is 30.5 Å². The van der Waals surface area contributed by atoms with Crippen molar-refractivity contribution in [3.8, 4) is 0 Å². The van der Waals surface area contributed by atoms with Crippen LogP contribution in [-0.4, -0.2) is 58.1 Å². The van der Waals surface area contributed by atoms with Gasteiger partial charge in [0.1, 0.15) is 0 Å². The summed E-state index contributed by atoms with van der Waals surface area (Å²) in [5.41, 5.74) is 0.100. The van der Waals surface area contributed by atoms with Gasteiger partial charge >= 0.3 is 0 Å². The Kier molecular flexibility index (Phi) is 7.42. The molecule has 0 spiro atoms. The van der Waals surface area contributed by atoms with Gasteiger partial charge in [-0.3, -0.25) is 9.69 Å². The van der Waals surface area contributed by atoms with Crippen molar-refractivity contribution in [3.05, 3.63) is 28.8 Å². The van der Waals surface area contributed by atoms with Crippen LogP contribution in [0.1, 0.15) is 30.6 Å². The highest BCUT2D eigenvalue weighted by atomic mass is 35.5. The van der Waals surface area contributed by atoms with Crippen LogP contribution in [0.4, 0.5) is 0 Å². The average molecular weight is 404 g/mol. The minimum Gasteiger partial charge on any atom is -0.379 e. The molecular formula is C17H26ClN3O4S. The lowest BCUT2D eigenvalue weighted by molar-refractivity contribution is 0.0124. The number of nitrogens with zero attached hydrogens (tertiary/aromatic N) is 1. The highest BCUT2D eigenvalue weighted by Gasteiger charge is 2.23. The smallest absolute Gasteiger partial charge is 0.252 e. The fourth-order valence-corrected chi connectivity index (χ4v) is 3.75. The summed E-state index contributed by atoms with van der Waals surface area (Å²) in [4.78, 5) is 14.7. The number of hydrogen-bond donors (Lipinski definition) is 2. The summed E-state index contributed by atoms with van der Waals surface area (Å²) < 4.78 is 28.4. The summed E-state index contributed by atoms with van der Waals surface area (Å²) >= 11 is 6.07. The van der Waals surface area contributed by atoms with Gasteiger partial charge in [-0.25, -0.2) is 13.6 Å². The van der Waals surface area contributed by atoms with Crippen LogP contribution in [0.15, 0.2) is 23.1 Å². The lowest BCUT2D eigenvalue weighted by Crippen LogP contribution is -2.49. The van der Waals surface area contributed by atoms with Gasteiger partial charge in [-0.1, -0.05) is 25.4 Å². The number of halogens is 1. The molecule has 1 amide bonds. The lowest BCUT2D eigenvalue weighted by atomic mass is 10.0. The zero-order valence-electron chi connectivity index (χ0n) is 15.1. The van der Waals surface area contributed by atoms with Crippen molar-refractivity contribution in [2.75, 3.05) is 32.8 Å². The van der Waals surface area contributed by atoms with E-state index in [1.54, 1.807) is 0 Å². The minimum atomic E-state index is -3.90. The van der Waals surface area contributed by atoms with Crippen LogP contribution in [0.2, 0.25) is 5.02 Å². The van der Waals surface area contributed by atoms with Crippen molar-refractivity contribution in [2.45, 2.75) is 31.2 Å². The first-order valence-electron chi connectivity index (χ1n) is 8.61. The Morgan fingerprint density at radius 2 is 2.00 bits per heavy atom. The monoisotopic (exact) mass is 403 g/mol. The number of carbonyl (C=O) groups excluding carboxylic acids is 1. The summed E-state index contributed by atoms with van der Waals surface area (Å²) in [7, 11) is -3.90. The topological polar surface area (TPSA) is 102 Å². The molecule has 0 radical (unpaired) electrons. The molecule has 2 rings (SSSR count). The molecule has 1 heterocycles. The Morgan fingerprint density at radius 3 is 2.58 bits per heavy atom. The molecule has 1 aliphatic rings. The van der Waals surface area contributed by atoms with Gasteiger partial charge in [0.05, 0.1) is 28.7 Å². The first-order chi connectivity index (χ1) is 12.2. The second-order valence-corrected chi connectivity index (χ2v) is 8.80. The van der Waals surface area contributed by atoms with E-state index in [-0.39, 0.29) is 21.5 Å². The number of hydrogen-bond acceptors (Lipinski definition) is 5. The van der Waals surface area contributed by atoms with Gasteiger partial charge in [0.15, 0.2) is 0 Å². The maximum atomic E-state index is 12.5. The number of morpholine rings is 1. The number of sulfonamides is 1. The molecule has 1 aromatic carbocycles. The number of primary sulfonamides is 1. The molecule has 0 aromatic heterocycles. The Morgan fingerprint density at radius 1 is 1.35 bits per heavy atom. The van der Waals surface area contributed by atoms with Crippen LogP contribution in [-0.2, 0) is 14.8 Å². The van der Waals surface area contributed by atoms with Crippen molar-refractivity contribution in [1.82, 2.24) is 10.2 Å². The van der Waals surface area contributed by atoms with Gasteiger partial charge in [0.25, 0.3) is 5.91 Å². The van der Waals surface area contributed by atoms with Gasteiger partial charge < -0.3 is 10.1 Å². The second kappa shape index (κ2) is 9.14. The van der Waals surface area contributed by atoms with Crippen molar-refractivity contribution >= 4 is 27.5 Å². The molecule has 0 bridgehead atoms. The molecule has 0 aliphatic carbocycles. The summed E-state index contributed by atoms with van der Waals surface area (Å²) in [5, 5.41) is 8.19. The van der Waals surface area contributed by atoms with E-state index in [0.717, 1.165) is 19.5 Å². The Balaban J connectivity index is 2.09. The zero-order chi connectivity index (χ0) is 19.3. The number of nitrogens with one attached hydrogen (secondary N) is 1. The zero-order valence-corrected chi connectivity index (χ0v) is 16.6. The predicted molar refractivity (Wildman–Crippen MR) is 101 cm³/mol. The predicted octanol–water partition coefficient (Wildman–Crippen LogP) is 1.46. The number of nitrogens with two attached hydrogens (primary N) is 1. The third kappa shape index (κ3) is 5.92. The number of benzene rings is 1. The van der Waals surface area contributed by atoms with Gasteiger partial charge in [-0.2, -0.15) is 0 Å². The van der Waals surface area contributed by atoms with E-state index in [2.05, 4.69) is 24.1 Å². The van der Waals surface area contributed by atoms with Gasteiger partial charge in [0.2, 0.25) is 10.0 Å². The molecular weight excluding hydrogens is 378 g/mol. The van der Waals surface area contributed by atoms with E-state index in [9.17, 15) is 13.2 Å². The lowest BCUT2D eigenvalue weighted by Gasteiger charge is -2.35. The molecule has 0 saturated carbocycles. The van der Waals surface area contributed by atoms with Crippen molar-refractivity contribution in [1.29, 1.82) is 0 Å². The number of amides is 1. The summed E-state index contributed by atoms with van der Waals surface area (Å²) in [6, 6.07) is 4.04. The maximum absolute atomic E-state index is 12.5. The second-order valence-electron chi connectivity index (χ2n) is 6.83. The quantitative estimate of drug-likeness (QED) is 0.717. The Labute approximate surface area is 159 Å². The van der Waals surface area contributed by atoms with Gasteiger partial charge in [-0.15, -0.1) is 0 Å². The Hall–Kier alpha value is -1.19. The van der Waals surface area contributed by atoms with E-state index < -0.39 is 15.9 Å². The summed E-state index contributed by atoms with van der Waals surface area (Å²) in [6.07, 6.45) is 0.936.